The molecular formula is C30H40F2N2O7Si. The number of hydrogen-bond donors (Lipinski definition) is 1. The Balaban J connectivity index is 1.70. The fraction of sp³-hybridized carbons (Fsp3) is 0.633. The lowest BCUT2D eigenvalue weighted by Crippen LogP contribution is -2.43. The van der Waals surface area contributed by atoms with Crippen molar-refractivity contribution in [3.05, 3.63) is 39.7 Å². The molecule has 2 atom stereocenters. The van der Waals surface area contributed by atoms with Crippen LogP contribution in [-0.4, -0.2) is 66.8 Å². The molecule has 1 aromatic heterocycles. The first-order chi connectivity index (χ1) is 19.3. The molecule has 2 aromatic rings. The molecule has 1 aliphatic carbocycles. The Labute approximate surface area is 247 Å². The van der Waals surface area contributed by atoms with Crippen molar-refractivity contribution < 1.29 is 37.4 Å². The number of carboxylic acids is 1. The Kier molecular flexibility index (Phi) is 8.56. The lowest BCUT2D eigenvalue weighted by molar-refractivity contribution is 0.0145. The predicted molar refractivity (Wildman–Crippen MR) is 154 cm³/mol. The lowest BCUT2D eigenvalue weighted by atomic mass is 9.89. The number of carbonyl (C=O) groups is 2. The van der Waals surface area contributed by atoms with E-state index in [1.54, 1.807) is 20.8 Å². The van der Waals surface area contributed by atoms with Crippen LogP contribution in [0.25, 0.3) is 10.9 Å². The van der Waals surface area contributed by atoms with E-state index >= 15 is 4.39 Å². The third kappa shape index (κ3) is 6.96. The maximum Gasteiger partial charge on any atom is 0.410 e. The molecule has 1 saturated carbocycles. The summed E-state index contributed by atoms with van der Waals surface area (Å²) in [5, 5.41) is 9.23. The van der Waals surface area contributed by atoms with Crippen LogP contribution in [-0.2, 0) is 9.16 Å². The fourth-order valence-electron chi connectivity index (χ4n) is 5.02. The number of pyridine rings is 1. The van der Waals surface area contributed by atoms with E-state index in [9.17, 15) is 23.9 Å². The van der Waals surface area contributed by atoms with Gasteiger partial charge in [-0.25, -0.2) is 14.0 Å². The second-order valence-electron chi connectivity index (χ2n) is 13.8. The molecule has 2 fully saturated rings. The molecular weight excluding hydrogens is 566 g/mol. The molecule has 9 nitrogen and oxygen atoms in total. The average Bonchev–Trinajstić information content (AvgIpc) is 3.60. The molecule has 2 radical (unpaired) electrons. The molecule has 4 rings (SSSR count). The Hall–Kier alpha value is -2.99. The Morgan fingerprint density at radius 1 is 1.10 bits per heavy atom. The molecule has 1 amide bonds. The van der Waals surface area contributed by atoms with Crippen molar-refractivity contribution in [1.82, 2.24) is 9.47 Å². The number of nitrogens with zero attached hydrogens (tertiary/aromatic N) is 2. The maximum atomic E-state index is 15.4. The van der Waals surface area contributed by atoms with Crippen molar-refractivity contribution in [3.63, 3.8) is 0 Å². The molecule has 1 N–H and O–H groups in total. The highest BCUT2D eigenvalue weighted by Crippen LogP contribution is 2.41. The third-order valence-corrected chi connectivity index (χ3v) is 8.64. The van der Waals surface area contributed by atoms with Crippen LogP contribution >= 0.6 is 0 Å². The number of ether oxygens (including phenoxy) is 2. The first-order valence-corrected chi connectivity index (χ1v) is 15.1. The van der Waals surface area contributed by atoms with Gasteiger partial charge in [0.1, 0.15) is 17.8 Å². The van der Waals surface area contributed by atoms with Crippen LogP contribution in [0.2, 0.25) is 5.04 Å². The van der Waals surface area contributed by atoms with Crippen LogP contribution in [0.1, 0.15) is 91.1 Å². The second kappa shape index (κ2) is 11.3. The van der Waals surface area contributed by atoms with Gasteiger partial charge in [0.05, 0.1) is 22.5 Å². The Morgan fingerprint density at radius 3 is 2.29 bits per heavy atom. The number of carbonyl (C=O) groups excluding carboxylic acids is 1. The van der Waals surface area contributed by atoms with Crippen molar-refractivity contribution in [2.45, 2.75) is 103 Å². The number of hydrogen-bond acceptors (Lipinski definition) is 6. The summed E-state index contributed by atoms with van der Waals surface area (Å²) in [5.74, 6) is -4.66. The van der Waals surface area contributed by atoms with E-state index in [1.165, 1.54) is 15.7 Å². The number of rotatable bonds is 8. The molecule has 0 spiro atoms. The number of benzene rings is 1. The summed E-state index contributed by atoms with van der Waals surface area (Å²) in [6.07, 6.45) is 2.45. The van der Waals surface area contributed by atoms with Crippen molar-refractivity contribution in [2.75, 3.05) is 13.2 Å². The van der Waals surface area contributed by atoms with E-state index in [4.69, 9.17) is 13.9 Å². The minimum atomic E-state index is -1.45. The zero-order valence-electron chi connectivity index (χ0n) is 25.5. The van der Waals surface area contributed by atoms with E-state index in [0.717, 1.165) is 6.07 Å². The number of aromatic carboxylic acids is 1. The van der Waals surface area contributed by atoms with Crippen molar-refractivity contribution in [1.29, 1.82) is 0 Å². The minimum Gasteiger partial charge on any atom is -0.486 e. The van der Waals surface area contributed by atoms with E-state index in [1.807, 2.05) is 13.8 Å². The number of halogens is 2. The van der Waals surface area contributed by atoms with Crippen LogP contribution in [0.15, 0.2) is 17.1 Å². The van der Waals surface area contributed by atoms with Gasteiger partial charge in [-0.15, -0.1) is 0 Å². The molecule has 1 unspecified atom stereocenters. The van der Waals surface area contributed by atoms with Gasteiger partial charge in [0.2, 0.25) is 21.0 Å². The highest BCUT2D eigenvalue weighted by Gasteiger charge is 2.45. The summed E-state index contributed by atoms with van der Waals surface area (Å²) in [7, 11) is 0.220. The summed E-state index contributed by atoms with van der Waals surface area (Å²) >= 11 is 0. The molecule has 42 heavy (non-hydrogen) atoms. The van der Waals surface area contributed by atoms with E-state index in [2.05, 4.69) is 20.8 Å². The van der Waals surface area contributed by atoms with Gasteiger partial charge in [-0.3, -0.25) is 4.79 Å². The molecule has 12 heteroatoms. The van der Waals surface area contributed by atoms with Gasteiger partial charge < -0.3 is 28.5 Å². The molecule has 1 aromatic carbocycles. The summed E-state index contributed by atoms with van der Waals surface area (Å²) in [5.41, 5.74) is -2.81. The van der Waals surface area contributed by atoms with Gasteiger partial charge in [-0.05, 0) is 65.0 Å². The van der Waals surface area contributed by atoms with Gasteiger partial charge >= 0.3 is 12.1 Å². The summed E-state index contributed by atoms with van der Waals surface area (Å²) in [4.78, 5) is 39.5. The molecule has 1 aliphatic heterocycles. The topological polar surface area (TPSA) is 107 Å². The van der Waals surface area contributed by atoms with Gasteiger partial charge in [0.15, 0.2) is 11.6 Å². The van der Waals surface area contributed by atoms with Gasteiger partial charge in [-0.2, -0.15) is 4.39 Å². The van der Waals surface area contributed by atoms with Crippen molar-refractivity contribution in [2.24, 2.45) is 5.92 Å². The normalized spacial score (nSPS) is 19.8. The Morgan fingerprint density at radius 2 is 1.74 bits per heavy atom. The van der Waals surface area contributed by atoms with Crippen LogP contribution in [0.5, 0.6) is 5.75 Å². The average molecular weight is 607 g/mol. The quantitative estimate of drug-likeness (QED) is 0.370. The van der Waals surface area contributed by atoms with Crippen LogP contribution < -0.4 is 10.2 Å². The first-order valence-electron chi connectivity index (χ1n) is 14.2. The van der Waals surface area contributed by atoms with Crippen LogP contribution in [0.4, 0.5) is 13.6 Å². The lowest BCUT2D eigenvalue weighted by Gasteiger charge is -2.34. The van der Waals surface area contributed by atoms with Crippen LogP contribution in [0, 0.1) is 17.6 Å². The van der Waals surface area contributed by atoms with Gasteiger partial charge in [0, 0.05) is 24.7 Å². The summed E-state index contributed by atoms with van der Waals surface area (Å²) in [6, 6.07) is -0.0171. The predicted octanol–water partition coefficient (Wildman–Crippen LogP) is 5.95. The molecule has 2 aliphatic rings. The second-order valence-corrected chi connectivity index (χ2v) is 15.7. The highest BCUT2D eigenvalue weighted by molar-refractivity contribution is 6.31. The first kappa shape index (κ1) is 31.9. The number of fused-ring (bicyclic) bond motifs is 1. The van der Waals surface area contributed by atoms with Gasteiger partial charge in [0.25, 0.3) is 0 Å². The van der Waals surface area contributed by atoms with Crippen molar-refractivity contribution >= 4 is 32.7 Å². The van der Waals surface area contributed by atoms with E-state index < -0.39 is 57.7 Å². The van der Waals surface area contributed by atoms with Crippen molar-refractivity contribution in [3.8, 4) is 5.75 Å². The third-order valence-electron chi connectivity index (χ3n) is 7.40. The maximum absolute atomic E-state index is 15.4. The molecule has 0 bridgehead atoms. The number of aromatic nitrogens is 1. The largest absolute Gasteiger partial charge is 0.486 e. The van der Waals surface area contributed by atoms with E-state index in [0.29, 0.717) is 25.8 Å². The summed E-state index contributed by atoms with van der Waals surface area (Å²) < 4.78 is 49.6. The van der Waals surface area contributed by atoms with Gasteiger partial charge in [-0.1, -0.05) is 20.8 Å². The standard InChI is InChI=1S/C30H40F2N2O7Si/c1-28(2,3)40-27(38)34-13-16(30(7,8)41-42-29(4,5)6)11-18(34)15-39-25-22(32)21(31)12-19-23(25)33(17-9-10-17)14-20(24(19)35)26(36)37/h12,14,16-18H,9-11,13,15H2,1-8H3,(H,36,37)/t16?,18-/m0/s1. The number of carboxylic acid groups (broad SMARTS) is 1. The number of likely N-dealkylation sites (tertiary alicyclic amines) is 1. The SMILES string of the molecule is CC(C)(C)OC(=O)N1CC(C(C)(C)O[Si]C(C)(C)C)C[C@H]1COc1c(F)c(F)cc2c(=O)c(C(=O)O)cn(C3CC3)c12. The zero-order valence-corrected chi connectivity index (χ0v) is 26.5. The van der Waals surface area contributed by atoms with Crippen LogP contribution in [0.3, 0.4) is 0 Å². The monoisotopic (exact) mass is 606 g/mol. The molecule has 230 valence electrons. The summed E-state index contributed by atoms with van der Waals surface area (Å²) in [6.45, 7) is 15.6. The Bertz CT molecular complexity index is 1440. The van der Waals surface area contributed by atoms with E-state index in [-0.39, 0.29) is 44.3 Å². The molecule has 1 saturated heterocycles. The zero-order chi connectivity index (χ0) is 31.4. The number of amides is 1. The smallest absolute Gasteiger partial charge is 0.410 e. The molecule has 2 heterocycles. The highest BCUT2D eigenvalue weighted by atomic mass is 28.2. The minimum absolute atomic E-state index is 0.000180. The fourth-order valence-corrected chi connectivity index (χ4v) is 5.76.